The second kappa shape index (κ2) is 6.99. The Labute approximate surface area is 136 Å². The van der Waals surface area contributed by atoms with Crippen molar-refractivity contribution in [1.82, 2.24) is 0 Å². The van der Waals surface area contributed by atoms with Crippen LogP contribution in [-0.2, 0) is 6.42 Å². The van der Waals surface area contributed by atoms with Gasteiger partial charge in [0.2, 0.25) is 0 Å². The summed E-state index contributed by atoms with van der Waals surface area (Å²) in [6.45, 7) is 0. The molecule has 2 aromatic rings. The molecule has 0 saturated heterocycles. The second-order valence-corrected chi connectivity index (χ2v) is 6.27. The molecule has 0 aliphatic heterocycles. The number of hydrogen-bond donors (Lipinski definition) is 0. The molecule has 19 heavy (non-hydrogen) atoms. The molecule has 0 aliphatic rings. The smallest absolute Gasteiger partial charge is 0.0453 e. The van der Waals surface area contributed by atoms with Crippen LogP contribution in [0.25, 0.3) is 0 Å². The Morgan fingerprint density at radius 2 is 1.68 bits per heavy atom. The quantitative estimate of drug-likeness (QED) is 0.542. The maximum atomic E-state index is 6.22. The fraction of sp³-hybridized carbons (Fsp3) is 0.200. The van der Waals surface area contributed by atoms with Crippen LogP contribution >= 0.6 is 50.7 Å². The van der Waals surface area contributed by atoms with Gasteiger partial charge in [0.05, 0.1) is 0 Å². The highest BCUT2D eigenvalue weighted by atomic mass is 79.9. The third-order valence-electron chi connectivity index (χ3n) is 2.99. The van der Waals surface area contributed by atoms with E-state index in [2.05, 4.69) is 22.0 Å². The van der Waals surface area contributed by atoms with Crippen LogP contribution in [0, 0.1) is 0 Å². The van der Waals surface area contributed by atoms with Gasteiger partial charge in [-0.1, -0.05) is 68.9 Å². The summed E-state index contributed by atoms with van der Waals surface area (Å²) in [5, 5.41) is 2.98. The van der Waals surface area contributed by atoms with Crippen LogP contribution < -0.4 is 0 Å². The summed E-state index contributed by atoms with van der Waals surface area (Å²) in [5.41, 5.74) is 2.30. The van der Waals surface area contributed by atoms with Gasteiger partial charge in [-0.15, -0.1) is 0 Å². The van der Waals surface area contributed by atoms with Gasteiger partial charge in [-0.2, -0.15) is 0 Å². The SMILES string of the molecule is Clc1cccc(C(CBr)Cc2ccc(Cl)cc2Cl)c1. The van der Waals surface area contributed by atoms with Crippen molar-refractivity contribution in [2.24, 2.45) is 0 Å². The van der Waals surface area contributed by atoms with E-state index in [1.165, 1.54) is 5.56 Å². The zero-order valence-corrected chi connectivity index (χ0v) is 13.9. The number of alkyl halides is 1. The summed E-state index contributed by atoms with van der Waals surface area (Å²) in [4.78, 5) is 0. The van der Waals surface area contributed by atoms with Gasteiger partial charge < -0.3 is 0 Å². The Balaban J connectivity index is 2.24. The molecule has 2 aromatic carbocycles. The molecule has 0 spiro atoms. The number of hydrogen-bond acceptors (Lipinski definition) is 0. The zero-order chi connectivity index (χ0) is 13.8. The lowest BCUT2D eigenvalue weighted by Gasteiger charge is -2.16. The predicted octanol–water partition coefficient (Wildman–Crippen LogP) is 6.37. The van der Waals surface area contributed by atoms with Gasteiger partial charge in [0.15, 0.2) is 0 Å². The third-order valence-corrected chi connectivity index (χ3v) is 4.59. The molecule has 1 atom stereocenters. The lowest BCUT2D eigenvalue weighted by Crippen LogP contribution is -2.05. The van der Waals surface area contributed by atoms with Crippen molar-refractivity contribution >= 4 is 50.7 Å². The van der Waals surface area contributed by atoms with E-state index in [4.69, 9.17) is 34.8 Å². The molecule has 4 heteroatoms. The van der Waals surface area contributed by atoms with Crippen LogP contribution in [0.15, 0.2) is 42.5 Å². The summed E-state index contributed by atoms with van der Waals surface area (Å²) in [6, 6.07) is 13.6. The fourth-order valence-electron chi connectivity index (χ4n) is 1.97. The van der Waals surface area contributed by atoms with Crippen molar-refractivity contribution in [2.75, 3.05) is 5.33 Å². The Morgan fingerprint density at radius 1 is 0.947 bits per heavy atom. The Morgan fingerprint density at radius 3 is 2.32 bits per heavy atom. The Kier molecular flexibility index (Phi) is 5.58. The second-order valence-electron chi connectivity index (χ2n) is 4.35. The van der Waals surface area contributed by atoms with Crippen molar-refractivity contribution in [3.63, 3.8) is 0 Å². The van der Waals surface area contributed by atoms with E-state index in [-0.39, 0.29) is 0 Å². The third kappa shape index (κ3) is 4.13. The van der Waals surface area contributed by atoms with Crippen molar-refractivity contribution < 1.29 is 0 Å². The van der Waals surface area contributed by atoms with Gasteiger partial charge >= 0.3 is 0 Å². The summed E-state index contributed by atoms with van der Waals surface area (Å²) < 4.78 is 0. The van der Waals surface area contributed by atoms with Gasteiger partial charge in [0, 0.05) is 20.4 Å². The molecule has 0 N–H and O–H groups in total. The first kappa shape index (κ1) is 15.2. The van der Waals surface area contributed by atoms with E-state index in [9.17, 15) is 0 Å². The molecule has 0 aromatic heterocycles. The first-order valence-electron chi connectivity index (χ1n) is 5.85. The molecule has 0 aliphatic carbocycles. The average Bonchev–Trinajstić information content (AvgIpc) is 2.38. The minimum Gasteiger partial charge on any atom is -0.0921 e. The monoisotopic (exact) mass is 376 g/mol. The highest BCUT2D eigenvalue weighted by molar-refractivity contribution is 9.09. The summed E-state index contributed by atoms with van der Waals surface area (Å²) in [5.74, 6) is 0.331. The summed E-state index contributed by atoms with van der Waals surface area (Å²) in [6.07, 6.45) is 0.849. The van der Waals surface area contributed by atoms with E-state index < -0.39 is 0 Å². The molecular formula is C15H12BrCl3. The molecular weight excluding hydrogens is 366 g/mol. The lowest BCUT2D eigenvalue weighted by molar-refractivity contribution is 0.776. The van der Waals surface area contributed by atoms with Crippen LogP contribution in [0.5, 0.6) is 0 Å². The highest BCUT2D eigenvalue weighted by Gasteiger charge is 2.13. The van der Waals surface area contributed by atoms with Crippen LogP contribution in [0.4, 0.5) is 0 Å². The van der Waals surface area contributed by atoms with E-state index in [0.717, 1.165) is 22.3 Å². The van der Waals surface area contributed by atoms with Crippen LogP contribution in [0.1, 0.15) is 17.0 Å². The lowest BCUT2D eigenvalue weighted by atomic mass is 9.94. The molecule has 2 rings (SSSR count). The predicted molar refractivity (Wildman–Crippen MR) is 88.2 cm³/mol. The van der Waals surface area contributed by atoms with Gasteiger partial charge in [-0.05, 0) is 47.7 Å². The van der Waals surface area contributed by atoms with Gasteiger partial charge in [-0.3, -0.25) is 0 Å². The van der Waals surface area contributed by atoms with Crippen LogP contribution in [0.2, 0.25) is 15.1 Å². The van der Waals surface area contributed by atoms with Crippen molar-refractivity contribution in [3.8, 4) is 0 Å². The molecule has 0 fully saturated rings. The minimum atomic E-state index is 0.331. The Hall–Kier alpha value is -0.210. The van der Waals surface area contributed by atoms with Crippen molar-refractivity contribution in [2.45, 2.75) is 12.3 Å². The largest absolute Gasteiger partial charge is 0.0921 e. The maximum absolute atomic E-state index is 6.22. The minimum absolute atomic E-state index is 0.331. The van der Waals surface area contributed by atoms with E-state index in [1.54, 1.807) is 6.07 Å². The van der Waals surface area contributed by atoms with E-state index in [1.807, 2.05) is 30.3 Å². The van der Waals surface area contributed by atoms with E-state index in [0.29, 0.717) is 16.0 Å². The Bertz CT molecular complexity index is 569. The average molecular weight is 379 g/mol. The standard InChI is InChI=1S/C15H12BrCl3/c16-9-12(10-2-1-3-13(17)7-10)6-11-4-5-14(18)8-15(11)19/h1-5,7-8,12H,6,9H2. The number of halogens is 4. The molecule has 0 heterocycles. The maximum Gasteiger partial charge on any atom is 0.0453 e. The van der Waals surface area contributed by atoms with Crippen LogP contribution in [0.3, 0.4) is 0 Å². The molecule has 0 bridgehead atoms. The molecule has 0 nitrogen and oxygen atoms in total. The molecule has 0 saturated carbocycles. The number of rotatable bonds is 4. The van der Waals surface area contributed by atoms with Gasteiger partial charge in [-0.25, -0.2) is 0 Å². The zero-order valence-electron chi connectivity index (χ0n) is 10.0. The highest BCUT2D eigenvalue weighted by Crippen LogP contribution is 2.29. The van der Waals surface area contributed by atoms with Gasteiger partial charge in [0.25, 0.3) is 0 Å². The normalized spacial score (nSPS) is 12.4. The summed E-state index contributed by atoms with van der Waals surface area (Å²) >= 11 is 21.7. The van der Waals surface area contributed by atoms with Crippen LogP contribution in [-0.4, -0.2) is 5.33 Å². The molecule has 1 unspecified atom stereocenters. The van der Waals surface area contributed by atoms with Gasteiger partial charge in [0.1, 0.15) is 0 Å². The van der Waals surface area contributed by atoms with E-state index >= 15 is 0 Å². The van der Waals surface area contributed by atoms with Crippen molar-refractivity contribution in [1.29, 1.82) is 0 Å². The molecule has 100 valence electrons. The van der Waals surface area contributed by atoms with Crippen molar-refractivity contribution in [3.05, 3.63) is 68.7 Å². The number of benzene rings is 2. The first-order chi connectivity index (χ1) is 9.10. The fourth-order valence-corrected chi connectivity index (χ4v) is 3.26. The molecule has 0 radical (unpaired) electrons. The molecule has 0 amide bonds. The topological polar surface area (TPSA) is 0 Å². The first-order valence-corrected chi connectivity index (χ1v) is 8.11. The summed E-state index contributed by atoms with van der Waals surface area (Å²) in [7, 11) is 0.